The van der Waals surface area contributed by atoms with Gasteiger partial charge in [0.15, 0.2) is 0 Å². The molecule has 0 saturated carbocycles. The standard InChI is InChI=1S/C17H25NO3/c1-15(20)10-11-18(2)12-14-21-17-8-6-16(7-9-17)5-3-4-13-19/h6-9,15,19-20H,4,10-14H2,1-2H3. The minimum Gasteiger partial charge on any atom is -0.492 e. The maximum atomic E-state index is 9.23. The molecule has 0 heterocycles. The van der Waals surface area contributed by atoms with Gasteiger partial charge in [-0.2, -0.15) is 0 Å². The molecule has 1 atom stereocenters. The average Bonchev–Trinajstić information content (AvgIpc) is 2.47. The molecular weight excluding hydrogens is 266 g/mol. The zero-order valence-corrected chi connectivity index (χ0v) is 12.9. The van der Waals surface area contributed by atoms with Gasteiger partial charge in [0, 0.05) is 25.1 Å². The number of hydrogen-bond acceptors (Lipinski definition) is 4. The minimum absolute atomic E-state index is 0.0940. The molecule has 0 bridgehead atoms. The van der Waals surface area contributed by atoms with Crippen molar-refractivity contribution in [2.24, 2.45) is 0 Å². The molecule has 116 valence electrons. The molecule has 0 aromatic heterocycles. The Kier molecular flexibility index (Phi) is 8.53. The second-order valence-corrected chi connectivity index (χ2v) is 5.09. The van der Waals surface area contributed by atoms with E-state index in [1.807, 2.05) is 31.3 Å². The lowest BCUT2D eigenvalue weighted by Gasteiger charge is -2.17. The van der Waals surface area contributed by atoms with Gasteiger partial charge in [-0.05, 0) is 44.7 Å². The monoisotopic (exact) mass is 291 g/mol. The molecule has 0 aliphatic heterocycles. The number of likely N-dealkylation sites (N-methyl/N-ethyl adjacent to an activating group) is 1. The summed E-state index contributed by atoms with van der Waals surface area (Å²) in [5, 5.41) is 17.9. The predicted octanol–water partition coefficient (Wildman–Crippen LogP) is 1.50. The van der Waals surface area contributed by atoms with E-state index in [1.54, 1.807) is 6.92 Å². The number of hydrogen-bond donors (Lipinski definition) is 2. The van der Waals surface area contributed by atoms with E-state index in [0.29, 0.717) is 13.0 Å². The van der Waals surface area contributed by atoms with Crippen LogP contribution in [0.3, 0.4) is 0 Å². The quantitative estimate of drug-likeness (QED) is 0.713. The number of aliphatic hydroxyl groups is 2. The number of nitrogens with zero attached hydrogens (tertiary/aromatic N) is 1. The molecule has 2 N–H and O–H groups in total. The van der Waals surface area contributed by atoms with Crippen LogP contribution in [0.5, 0.6) is 5.75 Å². The Morgan fingerprint density at radius 1 is 1.24 bits per heavy atom. The van der Waals surface area contributed by atoms with Gasteiger partial charge in [0.2, 0.25) is 0 Å². The van der Waals surface area contributed by atoms with E-state index >= 15 is 0 Å². The highest BCUT2D eigenvalue weighted by atomic mass is 16.5. The van der Waals surface area contributed by atoms with Crippen LogP contribution in [0.15, 0.2) is 24.3 Å². The summed E-state index contributed by atoms with van der Waals surface area (Å²) in [5.41, 5.74) is 0.921. The van der Waals surface area contributed by atoms with Crippen molar-refractivity contribution in [1.29, 1.82) is 0 Å². The fraction of sp³-hybridized carbons (Fsp3) is 0.529. The molecule has 0 amide bonds. The lowest BCUT2D eigenvalue weighted by Crippen LogP contribution is -2.27. The zero-order valence-electron chi connectivity index (χ0n) is 12.9. The van der Waals surface area contributed by atoms with Crippen LogP contribution in [0.1, 0.15) is 25.3 Å². The van der Waals surface area contributed by atoms with Crippen molar-refractivity contribution in [2.45, 2.75) is 25.9 Å². The van der Waals surface area contributed by atoms with Gasteiger partial charge in [-0.1, -0.05) is 11.8 Å². The Labute approximate surface area is 127 Å². The Bertz CT molecular complexity index is 445. The minimum atomic E-state index is -0.257. The van der Waals surface area contributed by atoms with Crippen LogP contribution in [-0.4, -0.2) is 54.6 Å². The molecule has 0 saturated heterocycles. The molecule has 0 aliphatic carbocycles. The molecule has 4 heteroatoms. The van der Waals surface area contributed by atoms with Crippen molar-refractivity contribution in [3.63, 3.8) is 0 Å². The first-order valence-electron chi connectivity index (χ1n) is 7.31. The van der Waals surface area contributed by atoms with E-state index in [1.165, 1.54) is 0 Å². The van der Waals surface area contributed by atoms with Gasteiger partial charge in [-0.25, -0.2) is 0 Å². The third-order valence-electron chi connectivity index (χ3n) is 2.99. The molecule has 4 nitrogen and oxygen atoms in total. The van der Waals surface area contributed by atoms with Crippen LogP contribution >= 0.6 is 0 Å². The molecule has 0 radical (unpaired) electrons. The van der Waals surface area contributed by atoms with Crippen LogP contribution in [-0.2, 0) is 0 Å². The lowest BCUT2D eigenvalue weighted by atomic mass is 10.2. The molecule has 1 unspecified atom stereocenters. The van der Waals surface area contributed by atoms with Crippen LogP contribution in [0.2, 0.25) is 0 Å². The Hall–Kier alpha value is -1.54. The highest BCUT2D eigenvalue weighted by Gasteiger charge is 2.02. The number of ether oxygens (including phenoxy) is 1. The van der Waals surface area contributed by atoms with E-state index in [4.69, 9.17) is 9.84 Å². The first-order chi connectivity index (χ1) is 10.1. The third kappa shape index (κ3) is 8.36. The third-order valence-corrected chi connectivity index (χ3v) is 2.99. The summed E-state index contributed by atoms with van der Waals surface area (Å²) >= 11 is 0. The maximum Gasteiger partial charge on any atom is 0.119 e. The van der Waals surface area contributed by atoms with Crippen LogP contribution in [0.4, 0.5) is 0 Å². The molecule has 0 aliphatic rings. The van der Waals surface area contributed by atoms with Gasteiger partial charge in [0.25, 0.3) is 0 Å². The first-order valence-corrected chi connectivity index (χ1v) is 7.31. The highest BCUT2D eigenvalue weighted by molar-refractivity contribution is 5.38. The van der Waals surface area contributed by atoms with E-state index in [9.17, 15) is 5.11 Å². The van der Waals surface area contributed by atoms with Gasteiger partial charge in [-0.3, -0.25) is 0 Å². The van der Waals surface area contributed by atoms with Crippen molar-refractivity contribution < 1.29 is 14.9 Å². The van der Waals surface area contributed by atoms with Gasteiger partial charge < -0.3 is 19.8 Å². The SMILES string of the molecule is CC(O)CCN(C)CCOc1ccc(C#CCCO)cc1. The smallest absolute Gasteiger partial charge is 0.119 e. The topological polar surface area (TPSA) is 52.9 Å². The summed E-state index contributed by atoms with van der Waals surface area (Å²) < 4.78 is 5.67. The fourth-order valence-electron chi connectivity index (χ4n) is 1.69. The van der Waals surface area contributed by atoms with Gasteiger partial charge in [-0.15, -0.1) is 0 Å². The first kappa shape index (κ1) is 17.5. The molecule has 1 aromatic carbocycles. The normalized spacial score (nSPS) is 11.9. The van der Waals surface area contributed by atoms with E-state index < -0.39 is 0 Å². The highest BCUT2D eigenvalue weighted by Crippen LogP contribution is 2.11. The molecule has 21 heavy (non-hydrogen) atoms. The van der Waals surface area contributed by atoms with E-state index in [0.717, 1.165) is 30.8 Å². The van der Waals surface area contributed by atoms with Crippen LogP contribution < -0.4 is 4.74 Å². The largest absolute Gasteiger partial charge is 0.492 e. The molecule has 0 spiro atoms. The fourth-order valence-corrected chi connectivity index (χ4v) is 1.69. The predicted molar refractivity (Wildman–Crippen MR) is 84.3 cm³/mol. The molecule has 1 aromatic rings. The Balaban J connectivity index is 2.28. The molecular formula is C17H25NO3. The Morgan fingerprint density at radius 2 is 1.95 bits per heavy atom. The molecule has 1 rings (SSSR count). The summed E-state index contributed by atoms with van der Waals surface area (Å²) in [6, 6.07) is 7.63. The summed E-state index contributed by atoms with van der Waals surface area (Å²) in [6.45, 7) is 4.20. The van der Waals surface area contributed by atoms with Gasteiger partial charge >= 0.3 is 0 Å². The van der Waals surface area contributed by atoms with Crippen molar-refractivity contribution in [3.8, 4) is 17.6 Å². The van der Waals surface area contributed by atoms with Crippen LogP contribution in [0.25, 0.3) is 0 Å². The summed E-state index contributed by atoms with van der Waals surface area (Å²) in [4.78, 5) is 2.14. The van der Waals surface area contributed by atoms with Crippen molar-refractivity contribution in [1.82, 2.24) is 4.90 Å². The van der Waals surface area contributed by atoms with Crippen molar-refractivity contribution in [3.05, 3.63) is 29.8 Å². The number of benzene rings is 1. The number of rotatable bonds is 8. The maximum absolute atomic E-state index is 9.23. The van der Waals surface area contributed by atoms with Crippen LogP contribution in [0, 0.1) is 11.8 Å². The zero-order chi connectivity index (χ0) is 15.5. The van der Waals surface area contributed by atoms with E-state index in [-0.39, 0.29) is 12.7 Å². The summed E-state index contributed by atoms with van der Waals surface area (Å²) in [7, 11) is 2.02. The summed E-state index contributed by atoms with van der Waals surface area (Å²) in [6.07, 6.45) is 1.02. The lowest BCUT2D eigenvalue weighted by molar-refractivity contribution is 0.157. The second-order valence-electron chi connectivity index (χ2n) is 5.09. The average molecular weight is 291 g/mol. The second kappa shape index (κ2) is 10.2. The molecule has 0 fully saturated rings. The number of aliphatic hydroxyl groups excluding tert-OH is 2. The van der Waals surface area contributed by atoms with Crippen molar-refractivity contribution >= 4 is 0 Å². The van der Waals surface area contributed by atoms with E-state index in [2.05, 4.69) is 16.7 Å². The summed E-state index contributed by atoms with van der Waals surface area (Å²) in [5.74, 6) is 6.69. The Morgan fingerprint density at radius 3 is 2.57 bits per heavy atom. The van der Waals surface area contributed by atoms with Gasteiger partial charge in [0.1, 0.15) is 12.4 Å². The van der Waals surface area contributed by atoms with Gasteiger partial charge in [0.05, 0.1) is 12.7 Å². The van der Waals surface area contributed by atoms with Crippen molar-refractivity contribution in [2.75, 3.05) is 33.4 Å².